The smallest absolute Gasteiger partial charge is 0.253 e. The van der Waals surface area contributed by atoms with Gasteiger partial charge in [-0.25, -0.2) is 0 Å². The summed E-state index contributed by atoms with van der Waals surface area (Å²) >= 11 is 3.38. The second kappa shape index (κ2) is 10.7. The van der Waals surface area contributed by atoms with Crippen molar-refractivity contribution in [1.82, 2.24) is 4.90 Å². The van der Waals surface area contributed by atoms with Crippen molar-refractivity contribution in [3.05, 3.63) is 58.6 Å². The highest BCUT2D eigenvalue weighted by Gasteiger charge is 2.15. The van der Waals surface area contributed by atoms with Crippen LogP contribution in [0.1, 0.15) is 37.0 Å². The Morgan fingerprint density at radius 2 is 1.63 bits per heavy atom. The second-order valence-electron chi connectivity index (χ2n) is 6.28. The lowest BCUT2D eigenvalue weighted by molar-refractivity contribution is -0.114. The van der Waals surface area contributed by atoms with Gasteiger partial charge in [0.2, 0.25) is 5.91 Å². The van der Waals surface area contributed by atoms with Crippen molar-refractivity contribution in [1.29, 1.82) is 0 Å². The summed E-state index contributed by atoms with van der Waals surface area (Å²) < 4.78 is 0.985. The van der Waals surface area contributed by atoms with Crippen LogP contribution in [0.15, 0.2) is 53.0 Å². The maximum absolute atomic E-state index is 12.7. The minimum absolute atomic E-state index is 0.00258. The van der Waals surface area contributed by atoms with Crippen LogP contribution >= 0.6 is 15.9 Å². The van der Waals surface area contributed by atoms with E-state index in [4.69, 9.17) is 0 Å². The first-order chi connectivity index (χ1) is 13.0. The molecule has 0 radical (unpaired) electrons. The van der Waals surface area contributed by atoms with Crippen LogP contribution in [0.4, 0.5) is 11.4 Å². The average molecular weight is 432 g/mol. The molecule has 0 aliphatic carbocycles. The van der Waals surface area contributed by atoms with Gasteiger partial charge in [-0.05, 0) is 55.3 Å². The molecule has 2 rings (SSSR count). The molecular weight excluding hydrogens is 406 g/mol. The molecular formula is C21H26BrN3O2. The molecule has 6 heteroatoms. The number of hydrogen-bond acceptors (Lipinski definition) is 3. The molecule has 2 N–H and O–H groups in total. The number of hydrogen-bond donors (Lipinski definition) is 2. The van der Waals surface area contributed by atoms with Gasteiger partial charge < -0.3 is 15.5 Å². The van der Waals surface area contributed by atoms with Gasteiger partial charge in [-0.3, -0.25) is 9.59 Å². The molecule has 0 unspecified atom stereocenters. The standard InChI is InChI=1S/C21H26BrN3O2/c1-3-12-25(13-4-2)21(27)16-6-5-7-19(14-16)24-20(26)15-23-18-10-8-17(22)9-11-18/h5-11,14,23H,3-4,12-13,15H2,1-2H3,(H,24,26). The van der Waals surface area contributed by atoms with Crippen molar-refractivity contribution in [2.24, 2.45) is 0 Å². The molecule has 0 saturated heterocycles. The summed E-state index contributed by atoms with van der Waals surface area (Å²) in [7, 11) is 0. The summed E-state index contributed by atoms with van der Waals surface area (Å²) in [4.78, 5) is 26.7. The average Bonchev–Trinajstić information content (AvgIpc) is 2.67. The molecule has 2 amide bonds. The molecule has 27 heavy (non-hydrogen) atoms. The lowest BCUT2D eigenvalue weighted by atomic mass is 10.1. The van der Waals surface area contributed by atoms with E-state index in [2.05, 4.69) is 40.4 Å². The van der Waals surface area contributed by atoms with E-state index in [1.807, 2.05) is 29.2 Å². The third-order valence-electron chi connectivity index (χ3n) is 3.96. The first-order valence-corrected chi connectivity index (χ1v) is 10.0. The van der Waals surface area contributed by atoms with Crippen molar-refractivity contribution in [2.75, 3.05) is 30.3 Å². The Hall–Kier alpha value is -2.34. The maximum Gasteiger partial charge on any atom is 0.253 e. The lowest BCUT2D eigenvalue weighted by Gasteiger charge is -2.21. The van der Waals surface area contributed by atoms with Crippen molar-refractivity contribution in [3.8, 4) is 0 Å². The number of halogens is 1. The Kier molecular flexibility index (Phi) is 8.33. The van der Waals surface area contributed by atoms with Gasteiger partial charge in [0.1, 0.15) is 0 Å². The van der Waals surface area contributed by atoms with E-state index in [1.54, 1.807) is 24.3 Å². The number of amides is 2. The van der Waals surface area contributed by atoms with E-state index < -0.39 is 0 Å². The van der Waals surface area contributed by atoms with Gasteiger partial charge in [-0.2, -0.15) is 0 Å². The van der Waals surface area contributed by atoms with Gasteiger partial charge in [-0.15, -0.1) is 0 Å². The van der Waals surface area contributed by atoms with Crippen molar-refractivity contribution >= 4 is 39.1 Å². The Morgan fingerprint density at radius 3 is 2.26 bits per heavy atom. The normalized spacial score (nSPS) is 10.3. The Labute approximate surface area is 169 Å². The summed E-state index contributed by atoms with van der Waals surface area (Å²) in [6, 6.07) is 14.7. The molecule has 0 heterocycles. The molecule has 2 aromatic carbocycles. The fourth-order valence-corrected chi connectivity index (χ4v) is 2.99. The Balaban J connectivity index is 1.96. The Bertz CT molecular complexity index is 756. The maximum atomic E-state index is 12.7. The number of benzene rings is 2. The molecule has 0 bridgehead atoms. The summed E-state index contributed by atoms with van der Waals surface area (Å²) in [6.45, 7) is 5.74. The van der Waals surface area contributed by atoms with E-state index in [0.717, 1.165) is 36.1 Å². The fraction of sp³-hybridized carbons (Fsp3) is 0.333. The van der Waals surface area contributed by atoms with E-state index in [9.17, 15) is 9.59 Å². The van der Waals surface area contributed by atoms with Crippen LogP contribution < -0.4 is 10.6 Å². The second-order valence-corrected chi connectivity index (χ2v) is 7.20. The van der Waals surface area contributed by atoms with Crippen LogP contribution in [0.3, 0.4) is 0 Å². The minimum atomic E-state index is -0.165. The molecule has 0 atom stereocenters. The summed E-state index contributed by atoms with van der Waals surface area (Å²) in [5, 5.41) is 5.91. The molecule has 0 spiro atoms. The van der Waals surface area contributed by atoms with Gasteiger partial charge in [-0.1, -0.05) is 35.8 Å². The van der Waals surface area contributed by atoms with E-state index in [-0.39, 0.29) is 18.4 Å². The third-order valence-corrected chi connectivity index (χ3v) is 4.49. The summed E-state index contributed by atoms with van der Waals surface area (Å²) in [6.07, 6.45) is 1.84. The highest BCUT2D eigenvalue weighted by molar-refractivity contribution is 9.10. The predicted molar refractivity (Wildman–Crippen MR) is 114 cm³/mol. The molecule has 2 aromatic rings. The predicted octanol–water partition coefficient (Wildman–Crippen LogP) is 4.76. The van der Waals surface area contributed by atoms with Crippen LogP contribution in [0.2, 0.25) is 0 Å². The first-order valence-electron chi connectivity index (χ1n) is 9.22. The summed E-state index contributed by atoms with van der Waals surface area (Å²) in [5.74, 6) is -0.163. The highest BCUT2D eigenvalue weighted by atomic mass is 79.9. The number of carbonyl (C=O) groups excluding carboxylic acids is 2. The van der Waals surface area contributed by atoms with Crippen molar-refractivity contribution < 1.29 is 9.59 Å². The van der Waals surface area contributed by atoms with Crippen LogP contribution in [0, 0.1) is 0 Å². The molecule has 144 valence electrons. The van der Waals surface area contributed by atoms with E-state index in [0.29, 0.717) is 11.3 Å². The van der Waals surface area contributed by atoms with Crippen molar-refractivity contribution in [2.45, 2.75) is 26.7 Å². The van der Waals surface area contributed by atoms with Crippen LogP contribution in [-0.2, 0) is 4.79 Å². The molecule has 0 saturated carbocycles. The first kappa shape index (κ1) is 21.0. The molecule has 0 aliphatic heterocycles. The third kappa shape index (κ3) is 6.71. The SMILES string of the molecule is CCCN(CCC)C(=O)c1cccc(NC(=O)CNc2ccc(Br)cc2)c1. The molecule has 5 nitrogen and oxygen atoms in total. The fourth-order valence-electron chi connectivity index (χ4n) is 2.72. The minimum Gasteiger partial charge on any atom is -0.376 e. The molecule has 0 aliphatic rings. The van der Waals surface area contributed by atoms with Crippen LogP contribution in [-0.4, -0.2) is 36.3 Å². The van der Waals surface area contributed by atoms with Gasteiger partial charge >= 0.3 is 0 Å². The van der Waals surface area contributed by atoms with Crippen LogP contribution in [0.5, 0.6) is 0 Å². The van der Waals surface area contributed by atoms with E-state index in [1.165, 1.54) is 0 Å². The number of anilines is 2. The van der Waals surface area contributed by atoms with Gasteiger partial charge in [0.15, 0.2) is 0 Å². The van der Waals surface area contributed by atoms with Gasteiger partial charge in [0.05, 0.1) is 6.54 Å². The largest absolute Gasteiger partial charge is 0.376 e. The molecule has 0 aromatic heterocycles. The number of rotatable bonds is 9. The van der Waals surface area contributed by atoms with Crippen LogP contribution in [0.25, 0.3) is 0 Å². The zero-order valence-corrected chi connectivity index (χ0v) is 17.4. The van der Waals surface area contributed by atoms with E-state index >= 15 is 0 Å². The number of nitrogens with one attached hydrogen (secondary N) is 2. The summed E-state index contributed by atoms with van der Waals surface area (Å²) in [5.41, 5.74) is 2.08. The number of carbonyl (C=O) groups is 2. The highest BCUT2D eigenvalue weighted by Crippen LogP contribution is 2.15. The molecule has 0 fully saturated rings. The van der Waals surface area contributed by atoms with Crippen molar-refractivity contribution in [3.63, 3.8) is 0 Å². The number of nitrogens with zero attached hydrogens (tertiary/aromatic N) is 1. The monoisotopic (exact) mass is 431 g/mol. The van der Waals surface area contributed by atoms with Gasteiger partial charge in [0.25, 0.3) is 5.91 Å². The zero-order chi connectivity index (χ0) is 19.6. The quantitative estimate of drug-likeness (QED) is 0.601. The zero-order valence-electron chi connectivity index (χ0n) is 15.8. The Morgan fingerprint density at radius 1 is 0.963 bits per heavy atom. The lowest BCUT2D eigenvalue weighted by Crippen LogP contribution is -2.32. The topological polar surface area (TPSA) is 61.4 Å². The van der Waals surface area contributed by atoms with Gasteiger partial charge in [0, 0.05) is 34.5 Å².